The number of aliphatic carboxylic acids is 1. The molecule has 0 bridgehead atoms. The lowest BCUT2D eigenvalue weighted by Gasteiger charge is -2.49. The number of likely N-dealkylation sites (tertiary alicyclic amines) is 1. The zero-order valence-corrected chi connectivity index (χ0v) is 20.8. The first-order valence-corrected chi connectivity index (χ1v) is 13.4. The van der Waals surface area contributed by atoms with Crippen LogP contribution >= 0.6 is 23.3 Å². The first-order chi connectivity index (χ1) is 17.3. The Labute approximate surface area is 214 Å². The fourth-order valence-electron chi connectivity index (χ4n) is 5.28. The number of Topliss-reactive ketones (excluding diaryl/α,β-unsaturated/α-hetero) is 1. The minimum Gasteiger partial charge on any atom is -0.477 e. The number of carboxylic acids is 1. The first-order valence-electron chi connectivity index (χ1n) is 11.6. The number of carbonyl (C=O) groups excluding carboxylic acids is 3. The van der Waals surface area contributed by atoms with Gasteiger partial charge in [-0.15, -0.1) is 11.8 Å². The number of carboxylic acid groups (broad SMARTS) is 1. The van der Waals surface area contributed by atoms with E-state index in [1.54, 1.807) is 6.08 Å². The lowest BCUT2D eigenvalue weighted by Crippen LogP contribution is -2.62. The number of ketones is 1. The van der Waals surface area contributed by atoms with Gasteiger partial charge < -0.3 is 20.9 Å². The summed E-state index contributed by atoms with van der Waals surface area (Å²) in [5.74, 6) is -3.11. The van der Waals surface area contributed by atoms with Crippen molar-refractivity contribution < 1.29 is 29.5 Å². The summed E-state index contributed by atoms with van der Waals surface area (Å²) in [6, 6.07) is 0.250. The van der Waals surface area contributed by atoms with Crippen LogP contribution in [0.4, 0.5) is 5.13 Å². The van der Waals surface area contributed by atoms with Crippen LogP contribution in [0.1, 0.15) is 44.3 Å². The van der Waals surface area contributed by atoms with Gasteiger partial charge in [0.1, 0.15) is 5.70 Å². The van der Waals surface area contributed by atoms with Gasteiger partial charge in [0, 0.05) is 41.9 Å². The molecule has 4 heterocycles. The van der Waals surface area contributed by atoms with Gasteiger partial charge in [0.2, 0.25) is 17.6 Å². The van der Waals surface area contributed by atoms with Crippen LogP contribution < -0.4 is 5.73 Å². The van der Waals surface area contributed by atoms with E-state index in [0.717, 1.165) is 37.2 Å². The molecular formula is C22H24N6O6S2. The van der Waals surface area contributed by atoms with Crippen molar-refractivity contribution in [3.63, 3.8) is 0 Å². The molecule has 1 saturated carbocycles. The second-order valence-electron chi connectivity index (χ2n) is 9.08. The number of allylic oxidation sites excluding steroid dienone is 1. The quantitative estimate of drug-likeness (QED) is 0.152. The summed E-state index contributed by atoms with van der Waals surface area (Å²) in [5.41, 5.74) is 5.95. The van der Waals surface area contributed by atoms with E-state index in [9.17, 15) is 29.5 Å². The average molecular weight is 533 g/mol. The number of fused-ring (bicyclic) bond motifs is 1. The van der Waals surface area contributed by atoms with Crippen molar-refractivity contribution >= 4 is 57.7 Å². The molecule has 1 aromatic heterocycles. The van der Waals surface area contributed by atoms with E-state index in [1.165, 1.54) is 16.7 Å². The third-order valence-corrected chi connectivity index (χ3v) is 8.91. The molecule has 4 N–H and O–H groups in total. The van der Waals surface area contributed by atoms with Gasteiger partial charge in [0.05, 0.1) is 11.3 Å². The number of nitrogen functional groups attached to an aromatic ring is 1. The summed E-state index contributed by atoms with van der Waals surface area (Å²) in [5, 5.41) is 21.7. The van der Waals surface area contributed by atoms with Gasteiger partial charge in [-0.2, -0.15) is 9.36 Å². The predicted octanol–water partition coefficient (Wildman–Crippen LogP) is 1.23. The Kier molecular flexibility index (Phi) is 6.55. The predicted molar refractivity (Wildman–Crippen MR) is 130 cm³/mol. The van der Waals surface area contributed by atoms with Crippen molar-refractivity contribution in [2.24, 2.45) is 11.1 Å². The van der Waals surface area contributed by atoms with Crippen LogP contribution in [0.5, 0.6) is 0 Å². The van der Waals surface area contributed by atoms with Gasteiger partial charge in [0.25, 0.3) is 0 Å². The molecular weight excluding hydrogens is 508 g/mol. The largest absolute Gasteiger partial charge is 0.477 e. The van der Waals surface area contributed by atoms with Crippen LogP contribution in [0.25, 0.3) is 0 Å². The highest BCUT2D eigenvalue weighted by Crippen LogP contribution is 2.46. The standard InChI is InChI=1S/C22H24N6O6S2/c23-22-24-17(26-36-22)15(25-34)14(29)8-13-19(31)28-16(21(32)33)11(9-35-20(13)28)7-10-5-6-27(18(10)30)12-3-1-2-4-12/h7,12-13,20,34H,1-6,8-9H2,(H,32,33)(H2,23,24,26)/b10-7+,25-15-/t13-,20-/m1/s1. The normalized spacial score (nSPS) is 26.1. The fourth-order valence-corrected chi connectivity index (χ4v) is 7.09. The highest BCUT2D eigenvalue weighted by Gasteiger charge is 2.54. The molecule has 0 unspecified atom stereocenters. The number of thioether (sulfide) groups is 1. The van der Waals surface area contributed by atoms with Gasteiger partial charge in [-0.1, -0.05) is 18.0 Å². The molecule has 0 spiro atoms. The number of rotatable bonds is 7. The summed E-state index contributed by atoms with van der Waals surface area (Å²) in [7, 11) is 0. The Morgan fingerprint density at radius 3 is 2.64 bits per heavy atom. The lowest BCUT2D eigenvalue weighted by molar-refractivity contribution is -0.153. The van der Waals surface area contributed by atoms with Gasteiger partial charge in [-0.25, -0.2) is 4.79 Å². The highest BCUT2D eigenvalue weighted by atomic mass is 32.2. The second kappa shape index (κ2) is 9.65. The molecule has 2 atom stereocenters. The van der Waals surface area contributed by atoms with Crippen LogP contribution in [-0.4, -0.2) is 82.5 Å². The molecule has 3 fully saturated rings. The van der Waals surface area contributed by atoms with E-state index in [2.05, 4.69) is 14.5 Å². The molecule has 2 amide bonds. The van der Waals surface area contributed by atoms with E-state index in [0.29, 0.717) is 24.1 Å². The fraction of sp³-hybridized carbons (Fsp3) is 0.500. The Morgan fingerprint density at radius 1 is 1.25 bits per heavy atom. The van der Waals surface area contributed by atoms with Crippen molar-refractivity contribution in [3.8, 4) is 0 Å². The minimum absolute atomic E-state index is 0.0585. The van der Waals surface area contributed by atoms with Gasteiger partial charge in [-0.05, 0) is 30.9 Å². The SMILES string of the molecule is Nc1nc(/C(=N\O)C(=O)C[C@@H]2C(=O)N3C(C(=O)O)=C(/C=C4\CCN(C5CCCC5)C4=O)CS[C@H]23)ns1. The maximum absolute atomic E-state index is 13.0. The number of hydrogen-bond donors (Lipinski definition) is 3. The monoisotopic (exact) mass is 532 g/mol. The molecule has 0 radical (unpaired) electrons. The molecule has 1 aromatic rings. The van der Waals surface area contributed by atoms with Gasteiger partial charge in [-0.3, -0.25) is 19.3 Å². The molecule has 3 aliphatic heterocycles. The minimum atomic E-state index is -1.26. The molecule has 190 valence electrons. The van der Waals surface area contributed by atoms with Crippen molar-refractivity contribution in [2.75, 3.05) is 18.0 Å². The zero-order chi connectivity index (χ0) is 25.6. The van der Waals surface area contributed by atoms with Crippen LogP contribution in [0.15, 0.2) is 28.1 Å². The Bertz CT molecular complexity index is 1230. The summed E-state index contributed by atoms with van der Waals surface area (Å²) < 4.78 is 3.86. The zero-order valence-electron chi connectivity index (χ0n) is 19.1. The Hall–Kier alpha value is -3.26. The van der Waals surface area contributed by atoms with E-state index in [-0.39, 0.29) is 40.8 Å². The number of hydrogen-bond acceptors (Lipinski definition) is 11. The number of amides is 2. The maximum Gasteiger partial charge on any atom is 0.352 e. The molecule has 0 aromatic carbocycles. The molecule has 12 nitrogen and oxygen atoms in total. The molecule has 4 aliphatic rings. The second-order valence-corrected chi connectivity index (χ2v) is 11.0. The number of nitrogens with two attached hydrogens (primary N) is 1. The Morgan fingerprint density at radius 2 is 2.00 bits per heavy atom. The van der Waals surface area contributed by atoms with Crippen LogP contribution in [0.2, 0.25) is 0 Å². The van der Waals surface area contributed by atoms with E-state index in [4.69, 9.17) is 5.73 Å². The van der Waals surface area contributed by atoms with E-state index < -0.39 is 34.7 Å². The summed E-state index contributed by atoms with van der Waals surface area (Å²) in [6.45, 7) is 0.627. The van der Waals surface area contributed by atoms with Gasteiger partial charge >= 0.3 is 5.97 Å². The van der Waals surface area contributed by atoms with Crippen molar-refractivity contribution in [1.29, 1.82) is 0 Å². The van der Waals surface area contributed by atoms with Crippen LogP contribution in [-0.2, 0) is 19.2 Å². The topological polar surface area (TPSA) is 179 Å². The van der Waals surface area contributed by atoms with E-state index >= 15 is 0 Å². The van der Waals surface area contributed by atoms with Crippen LogP contribution in [0, 0.1) is 5.92 Å². The number of anilines is 1. The summed E-state index contributed by atoms with van der Waals surface area (Å²) in [4.78, 5) is 57.8. The van der Waals surface area contributed by atoms with Crippen molar-refractivity contribution in [2.45, 2.75) is 49.9 Å². The van der Waals surface area contributed by atoms with E-state index in [1.807, 2.05) is 4.90 Å². The molecule has 2 saturated heterocycles. The number of oxime groups is 1. The molecule has 1 aliphatic carbocycles. The average Bonchev–Trinajstić information content (AvgIpc) is 3.60. The number of carbonyl (C=O) groups is 4. The van der Waals surface area contributed by atoms with Crippen molar-refractivity contribution in [3.05, 3.63) is 28.7 Å². The highest BCUT2D eigenvalue weighted by molar-refractivity contribution is 8.00. The van der Waals surface area contributed by atoms with Crippen molar-refractivity contribution in [1.82, 2.24) is 19.2 Å². The maximum atomic E-state index is 13.0. The smallest absolute Gasteiger partial charge is 0.352 e. The van der Waals surface area contributed by atoms with Crippen LogP contribution in [0.3, 0.4) is 0 Å². The third kappa shape index (κ3) is 4.17. The number of nitrogens with zero attached hydrogens (tertiary/aromatic N) is 5. The Balaban J connectivity index is 1.33. The first kappa shape index (κ1) is 24.4. The lowest BCUT2D eigenvalue weighted by atomic mass is 9.89. The summed E-state index contributed by atoms with van der Waals surface area (Å²) >= 11 is 2.17. The van der Waals surface area contributed by atoms with Gasteiger partial charge in [0.15, 0.2) is 16.6 Å². The third-order valence-electron chi connectivity index (χ3n) is 7.01. The number of aromatic nitrogens is 2. The summed E-state index contributed by atoms with van der Waals surface area (Å²) in [6.07, 6.45) is 6.10. The molecule has 14 heteroatoms. The molecule has 36 heavy (non-hydrogen) atoms. The molecule has 5 rings (SSSR count). The number of β-lactam (4-membered cyclic amide) rings is 1.